The van der Waals surface area contributed by atoms with Crippen LogP contribution in [0.2, 0.25) is 0 Å². The molecule has 0 saturated carbocycles. The Morgan fingerprint density at radius 2 is 1.17 bits per heavy atom. The van der Waals surface area contributed by atoms with Gasteiger partial charge in [-0.3, -0.25) is 57.7 Å². The molecular weight excluding hydrogens is 1460 g/mol. The number of amides is 4. The molecule has 0 spiro atoms. The summed E-state index contributed by atoms with van der Waals surface area (Å²) in [5.41, 5.74) is 0.0337. The number of sulfonamides is 1. The lowest BCUT2D eigenvalue weighted by atomic mass is 10.1. The number of rotatable bonds is 44. The van der Waals surface area contributed by atoms with Gasteiger partial charge in [-0.05, 0) is 150 Å². The number of nitrogens with one attached hydrogen (secondary N) is 7. The summed E-state index contributed by atoms with van der Waals surface area (Å²) in [5, 5.41) is 40.4. The number of nitrogens with zero attached hydrogens (tertiary/aromatic N) is 7. The Morgan fingerprint density at radius 1 is 0.651 bits per heavy atom. The molecule has 1 saturated heterocycles. The molecule has 35 nitrogen and oxygen atoms in total. The number of carboxylic acids is 1. The van der Waals surface area contributed by atoms with E-state index in [0.29, 0.717) is 165 Å². The Balaban J connectivity index is 0.000000556. The minimum absolute atomic E-state index is 0.0268. The number of H-pyrrole nitrogens is 1. The van der Waals surface area contributed by atoms with Gasteiger partial charge in [0.05, 0.1) is 75.0 Å². The van der Waals surface area contributed by atoms with Crippen LogP contribution in [0, 0.1) is 13.8 Å². The van der Waals surface area contributed by atoms with Gasteiger partial charge in [0, 0.05) is 147 Å². The fourth-order valence-corrected chi connectivity index (χ4v) is 13.0. The van der Waals surface area contributed by atoms with Crippen LogP contribution in [-0.4, -0.2) is 291 Å². The monoisotopic (exact) mass is 1580 g/mol. The Bertz CT molecular complexity index is 3480. The lowest BCUT2D eigenvalue weighted by Crippen LogP contribution is -2.49. The summed E-state index contributed by atoms with van der Waals surface area (Å²) in [6.07, 6.45) is 7.52. The number of ether oxygens (including phenoxy) is 7. The van der Waals surface area contributed by atoms with Crippen molar-refractivity contribution in [2.45, 2.75) is 162 Å². The number of likely N-dealkylation sites (N-methyl/N-ethyl adjacent to an activating group) is 1. The molecule has 614 valence electrons. The van der Waals surface area contributed by atoms with Gasteiger partial charge >= 0.3 is 23.9 Å². The van der Waals surface area contributed by atoms with Crippen molar-refractivity contribution in [3.05, 3.63) is 65.6 Å². The molecule has 2 atom stereocenters. The number of hydrogen-bond acceptors (Lipinski definition) is 28. The normalized spacial score (nSPS) is 14.6. The maximum Gasteiger partial charge on any atom is 0.323 e. The highest BCUT2D eigenvalue weighted by atomic mass is 32.2. The molecule has 4 aromatic rings. The second-order valence-electron chi connectivity index (χ2n) is 28.8. The molecular formula is C72H118N14O21S2. The van der Waals surface area contributed by atoms with Gasteiger partial charge in [-0.2, -0.15) is 9.82 Å². The van der Waals surface area contributed by atoms with Crippen molar-refractivity contribution >= 4 is 86.4 Å². The predicted octanol–water partition coefficient (Wildman–Crippen LogP) is 4.09. The van der Waals surface area contributed by atoms with Gasteiger partial charge in [0.1, 0.15) is 34.6 Å². The molecule has 0 bridgehead atoms. The van der Waals surface area contributed by atoms with E-state index in [4.69, 9.17) is 38.4 Å². The van der Waals surface area contributed by atoms with Crippen molar-refractivity contribution in [2.24, 2.45) is 0 Å². The van der Waals surface area contributed by atoms with Gasteiger partial charge < -0.3 is 74.7 Å². The summed E-state index contributed by atoms with van der Waals surface area (Å²) in [4.78, 5) is 115. The highest BCUT2D eigenvalue weighted by Gasteiger charge is 2.31. The summed E-state index contributed by atoms with van der Waals surface area (Å²) >= 11 is 0.660. The standard InChI is InChI=1S/C44H64N10O15S2.C28H54N4O6/c1-30-24-35(67-19-4-8-39(56)45-12-6-17-64-20-22-66-23-21-65-18-7-13-46-42(58)37(52-32(3)55)29-70-69-68-61)25-31(2)40(30)71(62,63)53-36(43(59)60)28-50-41(57)33-9-10-38-34(26-33)27-51-54(38)16-5-11-47-44-48-14-15-49-44;1-11-29-12-14-30(20-23(33)36-26(2,3)4)16-18-32(22-25(35)38-28(8,9)10)19-17-31(15-13-29)21-24(34)37-27(5,6)7/h9-10,14-15,24-27,36-37,53,61H,4-8,11-13,16-23,28-29H2,1-3H3,(H,45,56)(H,46,58)(H,50,57)(H,52,55)(H,59,60)(H2,47,48,49);11-22H2,1-10H3/t36-,37+;/m0./s1. The van der Waals surface area contributed by atoms with E-state index in [1.807, 2.05) is 71.9 Å². The fourth-order valence-electron chi connectivity index (χ4n) is 10.9. The number of aliphatic carboxylic acids is 1. The second-order valence-corrected chi connectivity index (χ2v) is 31.2. The van der Waals surface area contributed by atoms with Crippen molar-refractivity contribution < 1.29 is 99.7 Å². The Labute approximate surface area is 644 Å². The highest BCUT2D eigenvalue weighted by molar-refractivity contribution is 7.94. The SMILES string of the molecule is CC(=O)N[C@H](CSOOO)C(=O)NCCCOCCOCCOCCCNC(=O)CCCOc1cc(C)c(S(=O)(=O)N[C@@H](CNC(=O)c2ccc3c(cnn3CCCNc3ncc[nH]3)c2)C(=O)O)c(C)c1.CCN1CCN(CC(=O)OC(C)(C)C)CCN(CC(=O)OC(C)(C)C)CCN(CC(=O)OC(C)(C)C)CC1. The van der Waals surface area contributed by atoms with Crippen molar-refractivity contribution in [3.63, 3.8) is 0 Å². The number of imidazole rings is 1. The van der Waals surface area contributed by atoms with Crippen LogP contribution < -0.4 is 36.0 Å². The zero-order valence-electron chi connectivity index (χ0n) is 65.6. The number of carboxylic acid groups (broad SMARTS) is 1. The molecule has 1 aliphatic heterocycles. The number of aromatic nitrogens is 4. The molecule has 2 aromatic heterocycles. The quantitative estimate of drug-likeness (QED) is 0.00752. The van der Waals surface area contributed by atoms with E-state index in [9.17, 15) is 51.9 Å². The van der Waals surface area contributed by atoms with Crippen LogP contribution >= 0.6 is 12.0 Å². The van der Waals surface area contributed by atoms with Crippen LogP contribution in [-0.2, 0) is 87.9 Å². The first kappa shape index (κ1) is 93.7. The van der Waals surface area contributed by atoms with Gasteiger partial charge in [-0.25, -0.2) is 18.7 Å². The van der Waals surface area contributed by atoms with Crippen LogP contribution in [0.4, 0.5) is 5.95 Å². The Morgan fingerprint density at radius 3 is 1.66 bits per heavy atom. The first-order chi connectivity index (χ1) is 51.5. The van der Waals surface area contributed by atoms with Crippen molar-refractivity contribution in [1.29, 1.82) is 0 Å². The first-order valence-electron chi connectivity index (χ1n) is 36.7. The zero-order chi connectivity index (χ0) is 80.6. The number of carbonyl (C=O) groups excluding carboxylic acids is 7. The summed E-state index contributed by atoms with van der Waals surface area (Å²) in [6.45, 7) is 33.9. The highest BCUT2D eigenvalue weighted by Crippen LogP contribution is 2.27. The molecule has 0 radical (unpaired) electrons. The van der Waals surface area contributed by atoms with Crippen LogP contribution in [0.5, 0.6) is 5.75 Å². The van der Waals surface area contributed by atoms with Gasteiger partial charge in [-0.15, -0.1) is 4.33 Å². The molecule has 0 unspecified atom stereocenters. The van der Waals surface area contributed by atoms with E-state index in [0.717, 1.165) is 31.6 Å². The van der Waals surface area contributed by atoms with E-state index in [-0.39, 0.29) is 72.7 Å². The van der Waals surface area contributed by atoms with Crippen LogP contribution in [0.1, 0.15) is 130 Å². The molecule has 4 amide bonds. The molecule has 3 heterocycles. The summed E-state index contributed by atoms with van der Waals surface area (Å²) in [5.74, 6) is -2.75. The number of benzene rings is 2. The number of hydrogen-bond donors (Lipinski definition) is 9. The Hall–Kier alpha value is -7.66. The van der Waals surface area contributed by atoms with E-state index < -0.39 is 69.1 Å². The maximum atomic E-state index is 13.5. The molecule has 5 rings (SSSR count). The number of anilines is 1. The predicted molar refractivity (Wildman–Crippen MR) is 408 cm³/mol. The largest absolute Gasteiger partial charge is 0.494 e. The third-order valence-electron chi connectivity index (χ3n) is 15.8. The molecule has 37 heteroatoms. The van der Waals surface area contributed by atoms with Gasteiger partial charge in [-0.1, -0.05) is 12.0 Å². The van der Waals surface area contributed by atoms with Crippen LogP contribution in [0.3, 0.4) is 0 Å². The summed E-state index contributed by atoms with van der Waals surface area (Å²) < 4.78 is 74.4. The van der Waals surface area contributed by atoms with Crippen molar-refractivity contribution in [1.82, 2.24) is 65.3 Å². The minimum atomic E-state index is -4.37. The van der Waals surface area contributed by atoms with E-state index in [1.54, 1.807) is 50.6 Å². The number of fused-ring (bicyclic) bond motifs is 1. The lowest BCUT2D eigenvalue weighted by molar-refractivity contribution is -0.432. The molecule has 2 aromatic carbocycles. The number of carbonyl (C=O) groups is 8. The fraction of sp³-hybridized carbons (Fsp3) is 0.667. The molecule has 9 N–H and O–H groups in total. The van der Waals surface area contributed by atoms with E-state index in [1.165, 1.54) is 19.1 Å². The first-order valence-corrected chi connectivity index (χ1v) is 39.1. The Kier molecular flexibility index (Phi) is 42.0. The molecule has 1 fully saturated rings. The third kappa shape index (κ3) is 40.2. The van der Waals surface area contributed by atoms with Crippen molar-refractivity contribution in [3.8, 4) is 5.75 Å². The molecule has 0 aliphatic carbocycles. The second kappa shape index (κ2) is 48.9. The number of aromatic amines is 1. The molecule has 109 heavy (non-hydrogen) atoms. The number of esters is 3. The third-order valence-corrected chi connectivity index (χ3v) is 18.2. The minimum Gasteiger partial charge on any atom is -0.494 e. The van der Waals surface area contributed by atoms with Crippen molar-refractivity contribution in [2.75, 3.05) is 162 Å². The topological polar surface area (TPSA) is 426 Å². The van der Waals surface area contributed by atoms with Crippen LogP contribution in [0.25, 0.3) is 10.9 Å². The smallest absolute Gasteiger partial charge is 0.323 e. The van der Waals surface area contributed by atoms with E-state index in [2.05, 4.69) is 77.4 Å². The summed E-state index contributed by atoms with van der Waals surface area (Å²) in [6, 6.07) is 5.47. The number of aryl methyl sites for hydroxylation is 3. The van der Waals surface area contributed by atoms with Gasteiger partial charge in [0.15, 0.2) is 5.95 Å². The lowest BCUT2D eigenvalue weighted by Gasteiger charge is -2.34. The average molecular weight is 1580 g/mol. The maximum absolute atomic E-state index is 13.5. The average Bonchev–Trinajstić information content (AvgIpc) is 0.892. The van der Waals surface area contributed by atoms with Gasteiger partial charge in [0.2, 0.25) is 27.7 Å². The van der Waals surface area contributed by atoms with Crippen LogP contribution in [0.15, 0.2) is 53.8 Å². The van der Waals surface area contributed by atoms with E-state index >= 15 is 0 Å². The molecule has 1 aliphatic rings. The summed E-state index contributed by atoms with van der Waals surface area (Å²) in [7, 11) is -4.37. The zero-order valence-corrected chi connectivity index (χ0v) is 67.2. The van der Waals surface area contributed by atoms with Gasteiger partial charge in [0.25, 0.3) is 5.91 Å².